The standard InChI is InChI=1S/C24H29NO4/c1-16(2)29-24(28)25-22(20-12-14-21(15-13-20)23(26)27)19-10-8-18(9-11-19)17-6-4-3-5-7-17/h3-11,16,20-22H,12-15H2,1-2H3,(H,25,28)(H,26,27). The van der Waals surface area contributed by atoms with Gasteiger partial charge in [-0.2, -0.15) is 0 Å². The zero-order chi connectivity index (χ0) is 20.8. The second kappa shape index (κ2) is 9.59. The van der Waals surface area contributed by atoms with E-state index < -0.39 is 12.1 Å². The van der Waals surface area contributed by atoms with Crippen LogP contribution < -0.4 is 5.32 Å². The van der Waals surface area contributed by atoms with E-state index in [1.165, 1.54) is 0 Å². The fourth-order valence-corrected chi connectivity index (χ4v) is 4.06. The van der Waals surface area contributed by atoms with E-state index in [0.717, 1.165) is 29.5 Å². The summed E-state index contributed by atoms with van der Waals surface area (Å²) < 4.78 is 5.30. The predicted octanol–water partition coefficient (Wildman–Crippen LogP) is 5.42. The smallest absolute Gasteiger partial charge is 0.407 e. The molecule has 154 valence electrons. The molecule has 1 aliphatic carbocycles. The molecule has 0 saturated heterocycles. The quantitative estimate of drug-likeness (QED) is 0.685. The molecule has 2 aromatic carbocycles. The molecule has 1 unspecified atom stereocenters. The van der Waals surface area contributed by atoms with Crippen molar-refractivity contribution < 1.29 is 19.4 Å². The van der Waals surface area contributed by atoms with Crippen LogP contribution in [0.4, 0.5) is 4.79 Å². The lowest BCUT2D eigenvalue weighted by Gasteiger charge is -2.33. The van der Waals surface area contributed by atoms with Gasteiger partial charge in [0.05, 0.1) is 18.1 Å². The van der Waals surface area contributed by atoms with Gasteiger partial charge < -0.3 is 15.2 Å². The third-order valence-corrected chi connectivity index (χ3v) is 5.59. The molecule has 1 aliphatic rings. The first kappa shape index (κ1) is 20.9. The summed E-state index contributed by atoms with van der Waals surface area (Å²) in [5.74, 6) is -0.817. The Morgan fingerprint density at radius 3 is 2.07 bits per heavy atom. The van der Waals surface area contributed by atoms with Crippen LogP contribution >= 0.6 is 0 Å². The molecule has 0 bridgehead atoms. The zero-order valence-corrected chi connectivity index (χ0v) is 17.0. The van der Waals surface area contributed by atoms with Crippen LogP contribution in [-0.2, 0) is 9.53 Å². The highest BCUT2D eigenvalue weighted by Gasteiger charge is 2.32. The largest absolute Gasteiger partial charge is 0.481 e. The van der Waals surface area contributed by atoms with Crippen molar-refractivity contribution in [2.45, 2.75) is 51.7 Å². The normalized spacial score (nSPS) is 20.1. The SMILES string of the molecule is CC(C)OC(=O)NC(c1ccc(-c2ccccc2)cc1)C1CCC(C(=O)O)CC1. The van der Waals surface area contributed by atoms with Crippen LogP contribution in [-0.4, -0.2) is 23.3 Å². The van der Waals surface area contributed by atoms with E-state index in [-0.39, 0.29) is 24.0 Å². The maximum absolute atomic E-state index is 12.3. The summed E-state index contributed by atoms with van der Waals surface area (Å²) in [4.78, 5) is 23.6. The van der Waals surface area contributed by atoms with Gasteiger partial charge in [-0.25, -0.2) is 4.79 Å². The maximum atomic E-state index is 12.3. The zero-order valence-electron chi connectivity index (χ0n) is 17.0. The summed E-state index contributed by atoms with van der Waals surface area (Å²) in [6.07, 6.45) is 2.18. The summed E-state index contributed by atoms with van der Waals surface area (Å²) in [6.45, 7) is 3.64. The molecule has 2 N–H and O–H groups in total. The average Bonchev–Trinajstić information content (AvgIpc) is 2.72. The molecule has 0 heterocycles. The lowest BCUT2D eigenvalue weighted by molar-refractivity contribution is -0.143. The van der Waals surface area contributed by atoms with Gasteiger partial charge in [0.15, 0.2) is 0 Å². The number of nitrogens with one attached hydrogen (secondary N) is 1. The van der Waals surface area contributed by atoms with E-state index in [1.54, 1.807) is 0 Å². The minimum absolute atomic E-state index is 0.188. The third kappa shape index (κ3) is 5.59. The van der Waals surface area contributed by atoms with Crippen molar-refractivity contribution in [1.82, 2.24) is 5.32 Å². The van der Waals surface area contributed by atoms with Crippen LogP contribution in [0.15, 0.2) is 54.6 Å². The minimum atomic E-state index is -0.723. The van der Waals surface area contributed by atoms with Gasteiger partial charge in [0.2, 0.25) is 0 Å². The number of carboxylic acids is 1. The highest BCUT2D eigenvalue weighted by molar-refractivity contribution is 5.70. The number of alkyl carbamates (subject to hydrolysis) is 1. The molecule has 0 aliphatic heterocycles. The van der Waals surface area contributed by atoms with Crippen LogP contribution in [0.25, 0.3) is 11.1 Å². The molecule has 1 saturated carbocycles. The van der Waals surface area contributed by atoms with Crippen LogP contribution in [0.5, 0.6) is 0 Å². The molecule has 1 amide bonds. The lowest BCUT2D eigenvalue weighted by atomic mass is 9.76. The Balaban J connectivity index is 1.79. The number of carbonyl (C=O) groups is 2. The number of hydrogen-bond acceptors (Lipinski definition) is 3. The van der Waals surface area contributed by atoms with E-state index in [1.807, 2.05) is 44.2 Å². The Kier molecular flexibility index (Phi) is 6.91. The maximum Gasteiger partial charge on any atom is 0.407 e. The predicted molar refractivity (Wildman–Crippen MR) is 112 cm³/mol. The molecule has 5 nitrogen and oxygen atoms in total. The van der Waals surface area contributed by atoms with E-state index in [2.05, 4.69) is 29.6 Å². The van der Waals surface area contributed by atoms with Gasteiger partial charge in [-0.05, 0) is 62.1 Å². The monoisotopic (exact) mass is 395 g/mol. The summed E-state index contributed by atoms with van der Waals surface area (Å²) in [7, 11) is 0. The Hall–Kier alpha value is -2.82. The molecular formula is C24H29NO4. The van der Waals surface area contributed by atoms with Gasteiger partial charge in [-0.3, -0.25) is 4.79 Å². The number of ether oxygens (including phenoxy) is 1. The Labute approximate surface area is 172 Å². The fraction of sp³-hybridized carbons (Fsp3) is 0.417. The van der Waals surface area contributed by atoms with Crippen molar-refractivity contribution in [3.8, 4) is 11.1 Å². The van der Waals surface area contributed by atoms with Crippen LogP contribution in [0.3, 0.4) is 0 Å². The Morgan fingerprint density at radius 1 is 0.931 bits per heavy atom. The molecule has 0 radical (unpaired) electrons. The van der Waals surface area contributed by atoms with Gasteiger partial charge in [-0.1, -0.05) is 54.6 Å². The second-order valence-corrected chi connectivity index (χ2v) is 8.01. The minimum Gasteiger partial charge on any atom is -0.481 e. The van der Waals surface area contributed by atoms with Crippen molar-refractivity contribution in [1.29, 1.82) is 0 Å². The fourth-order valence-electron chi connectivity index (χ4n) is 4.06. The first-order valence-electron chi connectivity index (χ1n) is 10.3. The Morgan fingerprint density at radius 2 is 1.52 bits per heavy atom. The number of hydrogen-bond donors (Lipinski definition) is 2. The molecule has 2 aromatic rings. The highest BCUT2D eigenvalue weighted by Crippen LogP contribution is 2.37. The summed E-state index contributed by atoms with van der Waals surface area (Å²) in [5.41, 5.74) is 3.28. The van der Waals surface area contributed by atoms with Gasteiger partial charge in [-0.15, -0.1) is 0 Å². The van der Waals surface area contributed by atoms with Crippen molar-refractivity contribution in [2.24, 2.45) is 11.8 Å². The number of rotatable bonds is 6. The molecule has 5 heteroatoms. The lowest BCUT2D eigenvalue weighted by Crippen LogP contribution is -2.37. The van der Waals surface area contributed by atoms with Crippen LogP contribution in [0, 0.1) is 11.8 Å². The van der Waals surface area contributed by atoms with E-state index in [4.69, 9.17) is 4.74 Å². The van der Waals surface area contributed by atoms with E-state index in [0.29, 0.717) is 12.8 Å². The number of amides is 1. The van der Waals surface area contributed by atoms with Crippen LogP contribution in [0.1, 0.15) is 51.1 Å². The molecular weight excluding hydrogens is 366 g/mol. The van der Waals surface area contributed by atoms with Gasteiger partial charge in [0, 0.05) is 0 Å². The van der Waals surface area contributed by atoms with E-state index >= 15 is 0 Å². The summed E-state index contributed by atoms with van der Waals surface area (Å²) in [5, 5.41) is 12.3. The van der Waals surface area contributed by atoms with Gasteiger partial charge in [0.25, 0.3) is 0 Å². The van der Waals surface area contributed by atoms with E-state index in [9.17, 15) is 14.7 Å². The van der Waals surface area contributed by atoms with Gasteiger partial charge >= 0.3 is 12.1 Å². The molecule has 29 heavy (non-hydrogen) atoms. The van der Waals surface area contributed by atoms with Crippen molar-refractivity contribution in [2.75, 3.05) is 0 Å². The molecule has 0 aromatic heterocycles. The number of carboxylic acid groups (broad SMARTS) is 1. The average molecular weight is 395 g/mol. The number of aliphatic carboxylic acids is 1. The molecule has 1 fully saturated rings. The number of benzene rings is 2. The third-order valence-electron chi connectivity index (χ3n) is 5.59. The number of carbonyl (C=O) groups excluding carboxylic acids is 1. The summed E-state index contributed by atoms with van der Waals surface area (Å²) >= 11 is 0. The Bertz CT molecular complexity index is 809. The summed E-state index contributed by atoms with van der Waals surface area (Å²) in [6, 6.07) is 18.2. The molecule has 3 rings (SSSR count). The first-order chi connectivity index (χ1) is 13.9. The van der Waals surface area contributed by atoms with Crippen molar-refractivity contribution in [3.05, 3.63) is 60.2 Å². The topological polar surface area (TPSA) is 75.6 Å². The molecule has 0 spiro atoms. The molecule has 1 atom stereocenters. The second-order valence-electron chi connectivity index (χ2n) is 8.01. The highest BCUT2D eigenvalue weighted by atomic mass is 16.6. The van der Waals surface area contributed by atoms with Crippen LogP contribution in [0.2, 0.25) is 0 Å². The first-order valence-corrected chi connectivity index (χ1v) is 10.3. The van der Waals surface area contributed by atoms with Gasteiger partial charge in [0.1, 0.15) is 0 Å². The van der Waals surface area contributed by atoms with Crippen molar-refractivity contribution >= 4 is 12.1 Å². The van der Waals surface area contributed by atoms with Crippen molar-refractivity contribution in [3.63, 3.8) is 0 Å².